The van der Waals surface area contributed by atoms with Gasteiger partial charge in [0.15, 0.2) is 6.10 Å². The molecule has 6 heteroatoms. The molecule has 18 heavy (non-hydrogen) atoms. The Morgan fingerprint density at radius 3 is 2.11 bits per heavy atom. The highest BCUT2D eigenvalue weighted by atomic mass is 16.6. The quantitative estimate of drug-likeness (QED) is 0.694. The van der Waals surface area contributed by atoms with E-state index in [0.717, 1.165) is 0 Å². The molecule has 0 aromatic heterocycles. The molecule has 0 rings (SSSR count). The zero-order valence-corrected chi connectivity index (χ0v) is 11.6. The fourth-order valence-electron chi connectivity index (χ4n) is 1.30. The van der Waals surface area contributed by atoms with E-state index in [1.807, 2.05) is 13.8 Å². The van der Waals surface area contributed by atoms with Gasteiger partial charge in [-0.1, -0.05) is 13.8 Å². The molecular formula is C12H23NO5. The standard InChI is InChI=1S/C12H23NO5/c1-7(2)8(6-9(14)10(15)16)13-11(17)18-12(3,4)5/h7-9,14H,6H2,1-5H3,(H,13,17)(H,15,16). The average Bonchev–Trinajstić information content (AvgIpc) is 2.12. The molecule has 0 fully saturated rings. The van der Waals surface area contributed by atoms with Crippen molar-refractivity contribution in [2.45, 2.75) is 58.8 Å². The van der Waals surface area contributed by atoms with Crippen LogP contribution in [-0.4, -0.2) is 40.0 Å². The summed E-state index contributed by atoms with van der Waals surface area (Å²) in [6, 6.07) is -0.453. The van der Waals surface area contributed by atoms with Crippen LogP contribution < -0.4 is 5.32 Å². The number of amides is 1. The van der Waals surface area contributed by atoms with Gasteiger partial charge in [0.05, 0.1) is 0 Å². The number of rotatable bonds is 5. The second-order valence-corrected chi connectivity index (χ2v) is 5.59. The summed E-state index contributed by atoms with van der Waals surface area (Å²) in [5.41, 5.74) is -0.614. The number of aliphatic hydroxyl groups is 1. The van der Waals surface area contributed by atoms with Crippen molar-refractivity contribution in [2.24, 2.45) is 5.92 Å². The van der Waals surface area contributed by atoms with Gasteiger partial charge in [0, 0.05) is 12.5 Å². The molecule has 0 aliphatic carbocycles. The summed E-state index contributed by atoms with van der Waals surface area (Å²) in [5.74, 6) is -1.31. The van der Waals surface area contributed by atoms with E-state index >= 15 is 0 Å². The first-order valence-corrected chi connectivity index (χ1v) is 5.93. The Bertz CT molecular complexity index is 295. The molecule has 3 N–H and O–H groups in total. The number of aliphatic carboxylic acids is 1. The summed E-state index contributed by atoms with van der Waals surface area (Å²) >= 11 is 0. The molecule has 0 saturated carbocycles. The minimum Gasteiger partial charge on any atom is -0.479 e. The number of hydrogen-bond donors (Lipinski definition) is 3. The lowest BCUT2D eigenvalue weighted by Gasteiger charge is -2.26. The van der Waals surface area contributed by atoms with Gasteiger partial charge in [0.25, 0.3) is 0 Å². The van der Waals surface area contributed by atoms with Crippen molar-refractivity contribution in [1.29, 1.82) is 0 Å². The average molecular weight is 261 g/mol. The Labute approximate surface area is 107 Å². The third-order valence-corrected chi connectivity index (χ3v) is 2.27. The number of carboxylic acid groups (broad SMARTS) is 1. The third-order valence-electron chi connectivity index (χ3n) is 2.27. The van der Waals surface area contributed by atoms with Crippen LogP contribution in [0.3, 0.4) is 0 Å². The van der Waals surface area contributed by atoms with Crippen molar-refractivity contribution in [1.82, 2.24) is 5.32 Å². The summed E-state index contributed by atoms with van der Waals surface area (Å²) in [4.78, 5) is 22.1. The monoisotopic (exact) mass is 261 g/mol. The van der Waals surface area contributed by atoms with Crippen LogP contribution in [0.1, 0.15) is 41.0 Å². The Hall–Kier alpha value is -1.30. The molecule has 0 bridgehead atoms. The molecule has 2 atom stereocenters. The molecule has 0 saturated heterocycles. The van der Waals surface area contributed by atoms with Crippen molar-refractivity contribution >= 4 is 12.1 Å². The first-order valence-electron chi connectivity index (χ1n) is 5.93. The van der Waals surface area contributed by atoms with Crippen LogP contribution in [0, 0.1) is 5.92 Å². The molecule has 0 aliphatic heterocycles. The molecule has 0 heterocycles. The maximum Gasteiger partial charge on any atom is 0.407 e. The second-order valence-electron chi connectivity index (χ2n) is 5.59. The van der Waals surface area contributed by atoms with Crippen LogP contribution in [0.15, 0.2) is 0 Å². The van der Waals surface area contributed by atoms with Crippen molar-refractivity contribution in [3.05, 3.63) is 0 Å². The van der Waals surface area contributed by atoms with Gasteiger partial charge in [0.2, 0.25) is 0 Å². The van der Waals surface area contributed by atoms with Crippen LogP contribution in [0.25, 0.3) is 0 Å². The van der Waals surface area contributed by atoms with Crippen LogP contribution >= 0.6 is 0 Å². The molecule has 6 nitrogen and oxygen atoms in total. The highest BCUT2D eigenvalue weighted by Crippen LogP contribution is 2.12. The Morgan fingerprint density at radius 1 is 1.28 bits per heavy atom. The smallest absolute Gasteiger partial charge is 0.407 e. The molecule has 0 aromatic carbocycles. The molecule has 2 unspecified atom stereocenters. The lowest BCUT2D eigenvalue weighted by molar-refractivity contribution is -0.147. The summed E-state index contributed by atoms with van der Waals surface area (Å²) in [6.07, 6.45) is -2.15. The fraction of sp³-hybridized carbons (Fsp3) is 0.833. The van der Waals surface area contributed by atoms with Crippen LogP contribution in [0.5, 0.6) is 0 Å². The van der Waals surface area contributed by atoms with E-state index in [0.29, 0.717) is 0 Å². The normalized spacial score (nSPS) is 15.1. The number of carbonyl (C=O) groups excluding carboxylic acids is 1. The topological polar surface area (TPSA) is 95.9 Å². The van der Waals surface area contributed by atoms with E-state index in [1.165, 1.54) is 0 Å². The Morgan fingerprint density at radius 2 is 1.78 bits per heavy atom. The Balaban J connectivity index is 4.45. The summed E-state index contributed by atoms with van der Waals surface area (Å²) in [6.45, 7) is 8.88. The van der Waals surface area contributed by atoms with Gasteiger partial charge in [-0.2, -0.15) is 0 Å². The van der Waals surface area contributed by atoms with Gasteiger partial charge in [-0.3, -0.25) is 0 Å². The molecule has 0 spiro atoms. The maximum absolute atomic E-state index is 11.6. The number of nitrogens with one attached hydrogen (secondary N) is 1. The number of carboxylic acids is 1. The summed E-state index contributed by atoms with van der Waals surface area (Å²) in [5, 5.41) is 20.5. The molecule has 106 valence electrons. The van der Waals surface area contributed by atoms with Crippen LogP contribution in [0.4, 0.5) is 4.79 Å². The molecule has 0 aliphatic rings. The van der Waals surface area contributed by atoms with Gasteiger partial charge in [-0.25, -0.2) is 9.59 Å². The summed E-state index contributed by atoms with van der Waals surface area (Å²) in [7, 11) is 0. The predicted molar refractivity (Wildman–Crippen MR) is 66.3 cm³/mol. The van der Waals surface area contributed by atoms with E-state index in [2.05, 4.69) is 5.32 Å². The van der Waals surface area contributed by atoms with Crippen molar-refractivity contribution < 1.29 is 24.5 Å². The van der Waals surface area contributed by atoms with Crippen molar-refractivity contribution in [2.75, 3.05) is 0 Å². The van der Waals surface area contributed by atoms with Gasteiger partial charge in [-0.15, -0.1) is 0 Å². The number of ether oxygens (including phenoxy) is 1. The SMILES string of the molecule is CC(C)C(CC(O)C(=O)O)NC(=O)OC(C)(C)C. The van der Waals surface area contributed by atoms with Gasteiger partial charge < -0.3 is 20.3 Å². The van der Waals surface area contributed by atoms with Gasteiger partial charge in [0.1, 0.15) is 5.60 Å². The zero-order valence-electron chi connectivity index (χ0n) is 11.6. The molecule has 0 radical (unpaired) electrons. The minimum atomic E-state index is -1.49. The van der Waals surface area contributed by atoms with E-state index < -0.39 is 29.8 Å². The van der Waals surface area contributed by atoms with E-state index in [1.54, 1.807) is 20.8 Å². The molecular weight excluding hydrogens is 238 g/mol. The lowest BCUT2D eigenvalue weighted by atomic mass is 9.98. The highest BCUT2D eigenvalue weighted by molar-refractivity contribution is 5.72. The Kier molecular flexibility index (Phi) is 6.11. The molecule has 0 aromatic rings. The second kappa shape index (κ2) is 6.58. The number of hydrogen-bond acceptors (Lipinski definition) is 4. The van der Waals surface area contributed by atoms with Crippen molar-refractivity contribution in [3.8, 4) is 0 Å². The number of carbonyl (C=O) groups is 2. The summed E-state index contributed by atoms with van der Waals surface area (Å²) < 4.78 is 5.08. The van der Waals surface area contributed by atoms with E-state index in [4.69, 9.17) is 9.84 Å². The maximum atomic E-state index is 11.6. The first-order chi connectivity index (χ1) is 8.03. The van der Waals surface area contributed by atoms with Gasteiger partial charge in [-0.05, 0) is 26.7 Å². The first kappa shape index (κ1) is 16.7. The van der Waals surface area contributed by atoms with Crippen LogP contribution in [-0.2, 0) is 9.53 Å². The number of alkyl carbamates (subject to hydrolysis) is 1. The van der Waals surface area contributed by atoms with Gasteiger partial charge >= 0.3 is 12.1 Å². The molecule has 1 amide bonds. The van der Waals surface area contributed by atoms with Crippen molar-refractivity contribution in [3.63, 3.8) is 0 Å². The number of aliphatic hydroxyl groups excluding tert-OH is 1. The lowest BCUT2D eigenvalue weighted by Crippen LogP contribution is -2.44. The largest absolute Gasteiger partial charge is 0.479 e. The van der Waals surface area contributed by atoms with Crippen LogP contribution in [0.2, 0.25) is 0 Å². The fourth-order valence-corrected chi connectivity index (χ4v) is 1.30. The predicted octanol–water partition coefficient (Wildman–Crippen LogP) is 1.37. The zero-order chi connectivity index (χ0) is 14.5. The van der Waals surface area contributed by atoms with E-state index in [9.17, 15) is 14.7 Å². The minimum absolute atomic E-state index is 0.00785. The third kappa shape index (κ3) is 7.11. The van der Waals surface area contributed by atoms with E-state index in [-0.39, 0.29) is 12.3 Å². The highest BCUT2D eigenvalue weighted by Gasteiger charge is 2.25.